The van der Waals surface area contributed by atoms with Crippen molar-refractivity contribution in [2.75, 3.05) is 26.2 Å². The molecule has 0 spiro atoms. The molecule has 128 valence electrons. The fourth-order valence-electron chi connectivity index (χ4n) is 3.32. The standard InChI is InChI=1S/C19H21N5O/c25-19(21-8-11-24-9-1-2-10-24)18-16-12-14(5-6-17(16)22-23-18)15-4-3-7-20-13-15/h3-7,12-13H,1-2,8-11H2,(H,21,25)(H,22,23). The van der Waals surface area contributed by atoms with E-state index in [9.17, 15) is 4.79 Å². The molecule has 0 unspecified atom stereocenters. The molecule has 3 aromatic rings. The number of hydrogen-bond donors (Lipinski definition) is 2. The first kappa shape index (κ1) is 15.8. The highest BCUT2D eigenvalue weighted by Gasteiger charge is 2.16. The summed E-state index contributed by atoms with van der Waals surface area (Å²) in [5, 5.41) is 11.0. The van der Waals surface area contributed by atoms with Crippen molar-refractivity contribution in [3.05, 3.63) is 48.4 Å². The van der Waals surface area contributed by atoms with Gasteiger partial charge in [-0.2, -0.15) is 5.10 Å². The number of rotatable bonds is 5. The minimum atomic E-state index is -0.131. The number of carbonyl (C=O) groups excluding carboxylic acids is 1. The minimum absolute atomic E-state index is 0.131. The SMILES string of the molecule is O=C(NCCN1CCCC1)c1n[nH]c2ccc(-c3cccnc3)cc12. The van der Waals surface area contributed by atoms with Crippen molar-refractivity contribution in [1.82, 2.24) is 25.4 Å². The summed E-state index contributed by atoms with van der Waals surface area (Å²) in [6, 6.07) is 9.86. The fourth-order valence-corrected chi connectivity index (χ4v) is 3.32. The van der Waals surface area contributed by atoms with Gasteiger partial charge in [-0.3, -0.25) is 14.9 Å². The predicted octanol–water partition coefficient (Wildman–Crippen LogP) is 2.45. The summed E-state index contributed by atoms with van der Waals surface area (Å²) in [6.07, 6.45) is 6.08. The second-order valence-corrected chi connectivity index (χ2v) is 6.38. The van der Waals surface area contributed by atoms with Gasteiger partial charge in [0.25, 0.3) is 5.91 Å². The number of pyridine rings is 1. The molecule has 0 saturated carbocycles. The van der Waals surface area contributed by atoms with Gasteiger partial charge in [-0.1, -0.05) is 12.1 Å². The molecule has 2 aromatic heterocycles. The van der Waals surface area contributed by atoms with Gasteiger partial charge >= 0.3 is 0 Å². The zero-order valence-electron chi connectivity index (χ0n) is 14.0. The summed E-state index contributed by atoms with van der Waals surface area (Å²) in [5.74, 6) is -0.131. The molecule has 1 saturated heterocycles. The molecule has 0 atom stereocenters. The number of carbonyl (C=O) groups is 1. The maximum absolute atomic E-state index is 12.5. The van der Waals surface area contributed by atoms with Crippen molar-refractivity contribution in [1.29, 1.82) is 0 Å². The quantitative estimate of drug-likeness (QED) is 0.751. The molecule has 3 heterocycles. The molecule has 0 aliphatic carbocycles. The average Bonchev–Trinajstić information content (AvgIpc) is 3.31. The molecule has 2 N–H and O–H groups in total. The second kappa shape index (κ2) is 7.03. The van der Waals surface area contributed by atoms with Crippen molar-refractivity contribution >= 4 is 16.8 Å². The lowest BCUT2D eigenvalue weighted by Gasteiger charge is -2.14. The van der Waals surface area contributed by atoms with Gasteiger partial charge in [-0.25, -0.2) is 0 Å². The van der Waals surface area contributed by atoms with Crippen molar-refractivity contribution in [3.63, 3.8) is 0 Å². The zero-order chi connectivity index (χ0) is 17.1. The molecule has 1 amide bonds. The highest BCUT2D eigenvalue weighted by molar-refractivity contribution is 6.05. The Morgan fingerprint density at radius 3 is 2.88 bits per heavy atom. The van der Waals surface area contributed by atoms with Crippen LogP contribution in [0.4, 0.5) is 0 Å². The molecule has 1 aliphatic heterocycles. The lowest BCUT2D eigenvalue weighted by atomic mass is 10.0. The summed E-state index contributed by atoms with van der Waals surface area (Å²) in [7, 11) is 0. The molecule has 0 radical (unpaired) electrons. The largest absolute Gasteiger partial charge is 0.349 e. The number of nitrogens with zero attached hydrogens (tertiary/aromatic N) is 3. The number of amides is 1. The van der Waals surface area contributed by atoms with Gasteiger partial charge in [0.15, 0.2) is 5.69 Å². The van der Waals surface area contributed by atoms with E-state index in [1.807, 2.05) is 36.5 Å². The van der Waals surface area contributed by atoms with Crippen molar-refractivity contribution < 1.29 is 4.79 Å². The van der Waals surface area contributed by atoms with Crippen molar-refractivity contribution in [2.45, 2.75) is 12.8 Å². The van der Waals surface area contributed by atoms with Crippen LogP contribution in [0.5, 0.6) is 0 Å². The van der Waals surface area contributed by atoms with Gasteiger partial charge in [0, 0.05) is 36.4 Å². The third kappa shape index (κ3) is 3.39. The van der Waals surface area contributed by atoms with Crippen LogP contribution in [0.15, 0.2) is 42.7 Å². The monoisotopic (exact) mass is 335 g/mol. The van der Waals surface area contributed by atoms with E-state index >= 15 is 0 Å². The summed E-state index contributed by atoms with van der Waals surface area (Å²) in [5.41, 5.74) is 3.35. The smallest absolute Gasteiger partial charge is 0.272 e. The molecule has 6 heteroatoms. The average molecular weight is 335 g/mol. The number of hydrogen-bond acceptors (Lipinski definition) is 4. The van der Waals surface area contributed by atoms with Crippen LogP contribution in [-0.4, -0.2) is 52.2 Å². The van der Waals surface area contributed by atoms with Gasteiger partial charge in [-0.05, 0) is 49.7 Å². The minimum Gasteiger partial charge on any atom is -0.349 e. The van der Waals surface area contributed by atoms with Gasteiger partial charge in [0.2, 0.25) is 0 Å². The van der Waals surface area contributed by atoms with E-state index in [-0.39, 0.29) is 5.91 Å². The highest BCUT2D eigenvalue weighted by Crippen LogP contribution is 2.24. The summed E-state index contributed by atoms with van der Waals surface area (Å²) < 4.78 is 0. The number of nitrogens with one attached hydrogen (secondary N) is 2. The van der Waals surface area contributed by atoms with Crippen LogP contribution in [-0.2, 0) is 0 Å². The molecule has 6 nitrogen and oxygen atoms in total. The van der Waals surface area contributed by atoms with Crippen LogP contribution in [0.1, 0.15) is 23.3 Å². The molecule has 1 aromatic carbocycles. The van der Waals surface area contributed by atoms with E-state index < -0.39 is 0 Å². The topological polar surface area (TPSA) is 73.9 Å². The highest BCUT2D eigenvalue weighted by atomic mass is 16.1. The Morgan fingerprint density at radius 2 is 2.08 bits per heavy atom. The first-order valence-electron chi connectivity index (χ1n) is 8.70. The summed E-state index contributed by atoms with van der Waals surface area (Å²) in [6.45, 7) is 3.82. The Hall–Kier alpha value is -2.73. The van der Waals surface area contributed by atoms with E-state index in [0.29, 0.717) is 12.2 Å². The summed E-state index contributed by atoms with van der Waals surface area (Å²) >= 11 is 0. The van der Waals surface area contributed by atoms with Crippen molar-refractivity contribution in [2.24, 2.45) is 0 Å². The lowest BCUT2D eigenvalue weighted by Crippen LogP contribution is -2.33. The predicted molar refractivity (Wildman–Crippen MR) is 97.3 cm³/mol. The molecular formula is C19H21N5O. The first-order valence-corrected chi connectivity index (χ1v) is 8.70. The zero-order valence-corrected chi connectivity index (χ0v) is 14.0. The maximum atomic E-state index is 12.5. The number of likely N-dealkylation sites (tertiary alicyclic amines) is 1. The third-order valence-corrected chi connectivity index (χ3v) is 4.69. The van der Waals surface area contributed by atoms with Crippen LogP contribution in [0.25, 0.3) is 22.0 Å². The van der Waals surface area contributed by atoms with E-state index in [2.05, 4.69) is 25.4 Å². The molecule has 1 fully saturated rings. The van der Waals surface area contributed by atoms with Gasteiger partial charge in [0.05, 0.1) is 5.52 Å². The van der Waals surface area contributed by atoms with Crippen LogP contribution < -0.4 is 5.32 Å². The lowest BCUT2D eigenvalue weighted by molar-refractivity contribution is 0.0946. The Balaban J connectivity index is 1.51. The Labute approximate surface area is 146 Å². The summed E-state index contributed by atoms with van der Waals surface area (Å²) in [4.78, 5) is 19.1. The van der Waals surface area contributed by atoms with E-state index in [1.165, 1.54) is 12.8 Å². The first-order chi connectivity index (χ1) is 12.3. The molecule has 0 bridgehead atoms. The van der Waals surface area contributed by atoms with Crippen molar-refractivity contribution in [3.8, 4) is 11.1 Å². The van der Waals surface area contributed by atoms with E-state index in [0.717, 1.165) is 41.7 Å². The molecule has 4 rings (SSSR count). The molecular weight excluding hydrogens is 314 g/mol. The van der Waals surface area contributed by atoms with Gasteiger partial charge in [0.1, 0.15) is 0 Å². The number of aromatic nitrogens is 3. The third-order valence-electron chi connectivity index (χ3n) is 4.69. The molecule has 1 aliphatic rings. The van der Waals surface area contributed by atoms with E-state index in [4.69, 9.17) is 0 Å². The van der Waals surface area contributed by atoms with Crippen LogP contribution >= 0.6 is 0 Å². The molecule has 25 heavy (non-hydrogen) atoms. The Bertz CT molecular complexity index is 868. The number of aromatic amines is 1. The second-order valence-electron chi connectivity index (χ2n) is 6.38. The maximum Gasteiger partial charge on any atom is 0.272 e. The Kier molecular flexibility index (Phi) is 4.43. The van der Waals surface area contributed by atoms with Gasteiger partial charge < -0.3 is 10.2 Å². The number of fused-ring (bicyclic) bond motifs is 1. The van der Waals surface area contributed by atoms with Crippen LogP contribution in [0.3, 0.4) is 0 Å². The van der Waals surface area contributed by atoms with Crippen LogP contribution in [0, 0.1) is 0 Å². The normalized spacial score (nSPS) is 14.9. The van der Waals surface area contributed by atoms with Crippen LogP contribution in [0.2, 0.25) is 0 Å². The Morgan fingerprint density at radius 1 is 1.20 bits per heavy atom. The number of H-pyrrole nitrogens is 1. The van der Waals surface area contributed by atoms with Gasteiger partial charge in [-0.15, -0.1) is 0 Å². The fraction of sp³-hybridized carbons (Fsp3) is 0.316. The number of benzene rings is 1. The van der Waals surface area contributed by atoms with E-state index in [1.54, 1.807) is 6.20 Å².